The van der Waals surface area contributed by atoms with E-state index < -0.39 is 11.6 Å². The number of ether oxygens (including phenoxy) is 1. The minimum atomic E-state index is -0.577. The van der Waals surface area contributed by atoms with E-state index in [1.165, 1.54) is 12.1 Å². The Balaban J connectivity index is 2.04. The van der Waals surface area contributed by atoms with Gasteiger partial charge in [-0.05, 0) is 48.2 Å². The molecule has 0 unspecified atom stereocenters. The van der Waals surface area contributed by atoms with Crippen LogP contribution >= 0.6 is 0 Å². The molecule has 0 radical (unpaired) electrons. The molecule has 0 aliphatic carbocycles. The van der Waals surface area contributed by atoms with E-state index in [-0.39, 0.29) is 0 Å². The van der Waals surface area contributed by atoms with Gasteiger partial charge in [0.25, 0.3) is 0 Å². The van der Waals surface area contributed by atoms with Crippen LogP contribution in [0.3, 0.4) is 0 Å². The maximum absolute atomic E-state index is 13.6. The second kappa shape index (κ2) is 6.33. The van der Waals surface area contributed by atoms with Crippen LogP contribution in [0, 0.1) is 11.6 Å². The summed E-state index contributed by atoms with van der Waals surface area (Å²) in [7, 11) is 1.62. The number of halogens is 2. The van der Waals surface area contributed by atoms with Crippen LogP contribution in [0.25, 0.3) is 5.57 Å². The van der Waals surface area contributed by atoms with Gasteiger partial charge in [0.15, 0.2) is 0 Å². The number of allylic oxidation sites excluding steroid dienone is 1. The third-order valence-electron chi connectivity index (χ3n) is 3.16. The van der Waals surface area contributed by atoms with Crippen LogP contribution in [0.1, 0.15) is 17.5 Å². The Labute approximate surface area is 117 Å². The predicted octanol–water partition coefficient (Wildman–Crippen LogP) is 4.62. The maximum Gasteiger partial charge on any atom is 0.133 e. The van der Waals surface area contributed by atoms with Crippen molar-refractivity contribution in [3.8, 4) is 5.75 Å². The fourth-order valence-electron chi connectivity index (χ4n) is 2.03. The van der Waals surface area contributed by atoms with Crippen molar-refractivity contribution in [2.45, 2.75) is 12.8 Å². The van der Waals surface area contributed by atoms with E-state index in [1.54, 1.807) is 7.11 Å². The highest BCUT2D eigenvalue weighted by Crippen LogP contribution is 2.23. The van der Waals surface area contributed by atoms with Gasteiger partial charge in [0.2, 0.25) is 0 Å². The molecule has 0 aliphatic rings. The van der Waals surface area contributed by atoms with Crippen molar-refractivity contribution in [1.82, 2.24) is 0 Å². The maximum atomic E-state index is 13.6. The average Bonchev–Trinajstić information content (AvgIpc) is 2.45. The first-order chi connectivity index (χ1) is 9.60. The molecule has 0 atom stereocenters. The molecule has 1 nitrogen and oxygen atoms in total. The first kappa shape index (κ1) is 14.3. The molecule has 2 aromatic carbocycles. The van der Waals surface area contributed by atoms with Gasteiger partial charge in [-0.1, -0.05) is 18.7 Å². The lowest BCUT2D eigenvalue weighted by molar-refractivity contribution is 0.414. The van der Waals surface area contributed by atoms with Crippen molar-refractivity contribution < 1.29 is 13.5 Å². The van der Waals surface area contributed by atoms with Gasteiger partial charge in [-0.15, -0.1) is 0 Å². The topological polar surface area (TPSA) is 9.23 Å². The third-order valence-corrected chi connectivity index (χ3v) is 3.16. The third kappa shape index (κ3) is 3.44. The standard InChI is InChI=1S/C17H16F2O/c1-12(16-9-8-14(18)11-17(16)19)6-7-13-4-3-5-15(10-13)20-2/h3-5,8-11H,1,6-7H2,2H3. The molecule has 3 heteroatoms. The quantitative estimate of drug-likeness (QED) is 0.773. The lowest BCUT2D eigenvalue weighted by Crippen LogP contribution is -1.93. The predicted molar refractivity (Wildman–Crippen MR) is 76.7 cm³/mol. The molecule has 0 saturated carbocycles. The van der Waals surface area contributed by atoms with Crippen molar-refractivity contribution in [1.29, 1.82) is 0 Å². The number of methoxy groups -OCH3 is 1. The Kier molecular flexibility index (Phi) is 4.51. The molecule has 104 valence electrons. The van der Waals surface area contributed by atoms with Crippen molar-refractivity contribution in [3.63, 3.8) is 0 Å². The summed E-state index contributed by atoms with van der Waals surface area (Å²) in [5, 5.41) is 0. The summed E-state index contributed by atoms with van der Waals surface area (Å²) in [6.07, 6.45) is 1.34. The van der Waals surface area contributed by atoms with Crippen LogP contribution in [-0.2, 0) is 6.42 Å². The van der Waals surface area contributed by atoms with Gasteiger partial charge in [0, 0.05) is 11.6 Å². The molecule has 0 amide bonds. The van der Waals surface area contributed by atoms with E-state index in [4.69, 9.17) is 4.74 Å². The number of aryl methyl sites for hydroxylation is 1. The van der Waals surface area contributed by atoms with E-state index in [2.05, 4.69) is 6.58 Å². The normalized spacial score (nSPS) is 10.3. The molecule has 0 bridgehead atoms. The largest absolute Gasteiger partial charge is 0.497 e. The highest BCUT2D eigenvalue weighted by Gasteiger charge is 2.07. The lowest BCUT2D eigenvalue weighted by Gasteiger charge is -2.08. The molecule has 0 N–H and O–H groups in total. The molecular weight excluding hydrogens is 258 g/mol. The molecule has 0 aromatic heterocycles. The number of hydrogen-bond donors (Lipinski definition) is 0. The molecule has 0 fully saturated rings. The van der Waals surface area contributed by atoms with Gasteiger partial charge in [-0.3, -0.25) is 0 Å². The van der Waals surface area contributed by atoms with Crippen molar-refractivity contribution >= 4 is 5.57 Å². The van der Waals surface area contributed by atoms with Gasteiger partial charge < -0.3 is 4.74 Å². The summed E-state index contributed by atoms with van der Waals surface area (Å²) in [4.78, 5) is 0. The highest BCUT2D eigenvalue weighted by molar-refractivity contribution is 5.64. The molecule has 0 spiro atoms. The summed E-state index contributed by atoms with van der Waals surface area (Å²) in [5.74, 6) is -0.353. The van der Waals surface area contributed by atoms with E-state index in [0.717, 1.165) is 23.8 Å². The van der Waals surface area contributed by atoms with E-state index in [0.29, 0.717) is 17.6 Å². The Bertz CT molecular complexity index is 620. The average molecular weight is 274 g/mol. The van der Waals surface area contributed by atoms with Gasteiger partial charge in [-0.25, -0.2) is 8.78 Å². The first-order valence-electron chi connectivity index (χ1n) is 6.36. The Morgan fingerprint density at radius 1 is 1.15 bits per heavy atom. The molecule has 0 saturated heterocycles. The summed E-state index contributed by atoms with van der Waals surface area (Å²) >= 11 is 0. The molecule has 0 heterocycles. The second-order valence-corrected chi connectivity index (χ2v) is 4.58. The Hall–Kier alpha value is -2.16. The van der Waals surface area contributed by atoms with Gasteiger partial charge >= 0.3 is 0 Å². The second-order valence-electron chi connectivity index (χ2n) is 4.58. The fourth-order valence-corrected chi connectivity index (χ4v) is 2.03. The SMILES string of the molecule is C=C(CCc1cccc(OC)c1)c1ccc(F)cc1F. The van der Waals surface area contributed by atoms with Crippen molar-refractivity contribution in [2.24, 2.45) is 0 Å². The van der Waals surface area contributed by atoms with Crippen LogP contribution in [-0.4, -0.2) is 7.11 Å². The Morgan fingerprint density at radius 2 is 1.95 bits per heavy atom. The van der Waals surface area contributed by atoms with Crippen molar-refractivity contribution in [3.05, 3.63) is 71.8 Å². The first-order valence-corrected chi connectivity index (χ1v) is 6.36. The van der Waals surface area contributed by atoms with Crippen LogP contribution < -0.4 is 4.74 Å². The van der Waals surface area contributed by atoms with E-state index in [1.807, 2.05) is 24.3 Å². The summed E-state index contributed by atoms with van der Waals surface area (Å²) in [5.41, 5.74) is 2.12. The molecule has 20 heavy (non-hydrogen) atoms. The van der Waals surface area contributed by atoms with Gasteiger partial charge in [0.1, 0.15) is 17.4 Å². The Morgan fingerprint density at radius 3 is 2.65 bits per heavy atom. The molecule has 2 aromatic rings. The summed E-state index contributed by atoms with van der Waals surface area (Å²) in [6.45, 7) is 3.88. The van der Waals surface area contributed by atoms with Crippen LogP contribution in [0.5, 0.6) is 5.75 Å². The van der Waals surface area contributed by atoms with E-state index >= 15 is 0 Å². The summed E-state index contributed by atoms with van der Waals surface area (Å²) in [6, 6.07) is 11.3. The fraction of sp³-hybridized carbons (Fsp3) is 0.176. The number of rotatable bonds is 5. The number of hydrogen-bond acceptors (Lipinski definition) is 1. The minimum absolute atomic E-state index is 0.370. The van der Waals surface area contributed by atoms with Crippen LogP contribution in [0.4, 0.5) is 8.78 Å². The summed E-state index contributed by atoms with van der Waals surface area (Å²) < 4.78 is 31.6. The van der Waals surface area contributed by atoms with Gasteiger partial charge in [0.05, 0.1) is 7.11 Å². The zero-order chi connectivity index (χ0) is 14.5. The number of benzene rings is 2. The smallest absolute Gasteiger partial charge is 0.133 e. The zero-order valence-corrected chi connectivity index (χ0v) is 11.3. The lowest BCUT2D eigenvalue weighted by atomic mass is 9.99. The molecular formula is C17H16F2O. The zero-order valence-electron chi connectivity index (χ0n) is 11.3. The van der Waals surface area contributed by atoms with Crippen LogP contribution in [0.2, 0.25) is 0 Å². The minimum Gasteiger partial charge on any atom is -0.497 e. The van der Waals surface area contributed by atoms with E-state index in [9.17, 15) is 8.78 Å². The van der Waals surface area contributed by atoms with Gasteiger partial charge in [-0.2, -0.15) is 0 Å². The monoisotopic (exact) mass is 274 g/mol. The van der Waals surface area contributed by atoms with Crippen molar-refractivity contribution in [2.75, 3.05) is 7.11 Å². The highest BCUT2D eigenvalue weighted by atomic mass is 19.1. The van der Waals surface area contributed by atoms with Crippen LogP contribution in [0.15, 0.2) is 49.0 Å². The molecule has 2 rings (SSSR count). The molecule has 0 aliphatic heterocycles.